The topological polar surface area (TPSA) is 52.2 Å². The number of pyridine rings is 1. The molecule has 0 saturated heterocycles. The van der Waals surface area contributed by atoms with Crippen LogP contribution in [0.1, 0.15) is 51.8 Å². The number of rotatable bonds is 3. The second-order valence-corrected chi connectivity index (χ2v) is 9.27. The lowest BCUT2D eigenvalue weighted by Crippen LogP contribution is -2.33. The van der Waals surface area contributed by atoms with Crippen molar-refractivity contribution in [1.82, 2.24) is 19.2 Å². The number of aromatic nitrogens is 4. The van der Waals surface area contributed by atoms with Crippen LogP contribution in [0.2, 0.25) is 5.02 Å². The number of halogens is 1. The molecule has 0 radical (unpaired) electrons. The van der Waals surface area contributed by atoms with Gasteiger partial charge in [0.05, 0.1) is 16.6 Å². The molecule has 4 aromatic rings. The Morgan fingerprint density at radius 2 is 1.90 bits per heavy atom. The second kappa shape index (κ2) is 7.79. The molecule has 3 aromatic heterocycles. The van der Waals surface area contributed by atoms with Crippen molar-refractivity contribution in [2.24, 2.45) is 11.8 Å². The molecule has 1 saturated carbocycles. The third-order valence-electron chi connectivity index (χ3n) is 7.10. The van der Waals surface area contributed by atoms with Gasteiger partial charge in [0, 0.05) is 29.0 Å². The Bertz CT molecular complexity index is 1320. The highest BCUT2D eigenvalue weighted by molar-refractivity contribution is 6.30. The van der Waals surface area contributed by atoms with Crippen molar-refractivity contribution in [3.05, 3.63) is 63.8 Å². The first-order chi connectivity index (χ1) is 15.0. The summed E-state index contributed by atoms with van der Waals surface area (Å²) in [5.41, 5.74) is 4.59. The molecular weight excluding hydrogens is 408 g/mol. The maximum absolute atomic E-state index is 13.5. The minimum Gasteiger partial charge on any atom is -0.311 e. The van der Waals surface area contributed by atoms with E-state index in [1.54, 1.807) is 6.20 Å². The van der Waals surface area contributed by atoms with E-state index in [4.69, 9.17) is 21.7 Å². The number of hydrogen-bond donors (Lipinski definition) is 0. The van der Waals surface area contributed by atoms with Gasteiger partial charge in [-0.3, -0.25) is 4.79 Å². The van der Waals surface area contributed by atoms with Gasteiger partial charge in [0.25, 0.3) is 5.56 Å². The molecule has 0 spiro atoms. The molecule has 5 nitrogen and oxygen atoms in total. The van der Waals surface area contributed by atoms with Crippen LogP contribution < -0.4 is 5.56 Å². The number of benzene rings is 1. The van der Waals surface area contributed by atoms with E-state index < -0.39 is 0 Å². The van der Waals surface area contributed by atoms with Gasteiger partial charge in [0.15, 0.2) is 5.65 Å². The molecule has 1 fully saturated rings. The predicted octanol–water partition coefficient (Wildman–Crippen LogP) is 5.92. The molecule has 1 aliphatic rings. The summed E-state index contributed by atoms with van der Waals surface area (Å²) in [7, 11) is 0. The molecule has 0 bridgehead atoms. The Balaban J connectivity index is 1.70. The smallest absolute Gasteiger partial charge is 0.261 e. The highest BCUT2D eigenvalue weighted by Gasteiger charge is 2.29. The first-order valence-electron chi connectivity index (χ1n) is 11.2. The van der Waals surface area contributed by atoms with Gasteiger partial charge in [-0.25, -0.2) is 9.50 Å². The van der Waals surface area contributed by atoms with E-state index in [2.05, 4.69) is 20.8 Å². The Morgan fingerprint density at radius 1 is 1.13 bits per heavy atom. The van der Waals surface area contributed by atoms with Gasteiger partial charge >= 0.3 is 0 Å². The van der Waals surface area contributed by atoms with Gasteiger partial charge in [-0.15, -0.1) is 0 Å². The molecule has 160 valence electrons. The highest BCUT2D eigenvalue weighted by Crippen LogP contribution is 2.37. The van der Waals surface area contributed by atoms with Crippen LogP contribution in [-0.2, 0) is 6.42 Å². The number of fused-ring (bicyclic) bond motifs is 3. The largest absolute Gasteiger partial charge is 0.311 e. The molecule has 31 heavy (non-hydrogen) atoms. The van der Waals surface area contributed by atoms with Crippen LogP contribution in [0.5, 0.6) is 0 Å². The normalized spacial score (nSPS) is 21.7. The average molecular weight is 435 g/mol. The molecule has 5 rings (SSSR count). The Labute approximate surface area is 186 Å². The Hall–Kier alpha value is -2.66. The number of hydrogen-bond acceptors (Lipinski definition) is 3. The number of aryl methyl sites for hydroxylation is 1. The molecular formula is C25H27ClN4O. The fraction of sp³-hybridized carbons (Fsp3) is 0.400. The van der Waals surface area contributed by atoms with Crippen molar-refractivity contribution in [2.45, 2.75) is 52.5 Å². The van der Waals surface area contributed by atoms with Crippen molar-refractivity contribution in [3.63, 3.8) is 0 Å². The fourth-order valence-corrected chi connectivity index (χ4v) is 5.22. The Morgan fingerprint density at radius 3 is 2.65 bits per heavy atom. The lowest BCUT2D eigenvalue weighted by atomic mass is 9.78. The summed E-state index contributed by atoms with van der Waals surface area (Å²) < 4.78 is 3.76. The summed E-state index contributed by atoms with van der Waals surface area (Å²) in [6.45, 7) is 6.65. The summed E-state index contributed by atoms with van der Waals surface area (Å²) in [6, 6.07) is 10.0. The minimum atomic E-state index is 0.0273. The van der Waals surface area contributed by atoms with Crippen molar-refractivity contribution in [3.8, 4) is 11.1 Å². The van der Waals surface area contributed by atoms with Gasteiger partial charge in [0.2, 0.25) is 0 Å². The van der Waals surface area contributed by atoms with Crippen molar-refractivity contribution in [2.75, 3.05) is 0 Å². The average Bonchev–Trinajstić information content (AvgIpc) is 3.16. The van der Waals surface area contributed by atoms with E-state index in [-0.39, 0.29) is 11.6 Å². The maximum atomic E-state index is 13.5. The molecule has 1 aliphatic carbocycles. The third kappa shape index (κ3) is 3.26. The first kappa shape index (κ1) is 20.3. The first-order valence-corrected chi connectivity index (χ1v) is 11.5. The summed E-state index contributed by atoms with van der Waals surface area (Å²) in [6.07, 6.45) is 7.91. The summed E-state index contributed by atoms with van der Waals surface area (Å²) >= 11 is 6.09. The standard InChI is InChI=1S/C25H27ClN4O/c1-4-20-23(17-8-10-18(26)11-9-17)24-27-14-19-22(30(24)28-20)12-13-29(25(19)31)21-7-5-6-15(2)16(21)3/h8-16,21H,4-7H2,1-3H3/t15-,16-,21+/m0/s1. The highest BCUT2D eigenvalue weighted by atomic mass is 35.5. The zero-order valence-corrected chi connectivity index (χ0v) is 18.9. The van der Waals surface area contributed by atoms with Crippen LogP contribution in [0, 0.1) is 11.8 Å². The van der Waals surface area contributed by atoms with Gasteiger partial charge in [-0.2, -0.15) is 5.10 Å². The van der Waals surface area contributed by atoms with Gasteiger partial charge in [-0.05, 0) is 48.4 Å². The van der Waals surface area contributed by atoms with Crippen LogP contribution in [0.3, 0.4) is 0 Å². The molecule has 0 N–H and O–H groups in total. The Kier molecular flexibility index (Phi) is 5.09. The zero-order chi connectivity index (χ0) is 21.7. The molecule has 6 heteroatoms. The van der Waals surface area contributed by atoms with Gasteiger partial charge in [-0.1, -0.05) is 57.3 Å². The quantitative estimate of drug-likeness (QED) is 0.402. The SMILES string of the molecule is CCc1nn2c(ncc3c(=O)n([C@@H]4CCC[C@H](C)[C@@H]4C)ccc32)c1-c1ccc(Cl)cc1. The maximum Gasteiger partial charge on any atom is 0.261 e. The monoisotopic (exact) mass is 434 g/mol. The van der Waals surface area contributed by atoms with E-state index in [0.29, 0.717) is 22.2 Å². The lowest BCUT2D eigenvalue weighted by Gasteiger charge is -2.35. The third-order valence-corrected chi connectivity index (χ3v) is 7.35. The predicted molar refractivity (Wildman–Crippen MR) is 126 cm³/mol. The molecule has 0 unspecified atom stereocenters. The van der Waals surface area contributed by atoms with Crippen molar-refractivity contribution < 1.29 is 0 Å². The van der Waals surface area contributed by atoms with E-state index in [1.165, 1.54) is 12.8 Å². The zero-order valence-electron chi connectivity index (χ0n) is 18.2. The van der Waals surface area contributed by atoms with Crippen LogP contribution in [0.4, 0.5) is 0 Å². The van der Waals surface area contributed by atoms with Crippen LogP contribution in [0.15, 0.2) is 47.5 Å². The van der Waals surface area contributed by atoms with E-state index in [9.17, 15) is 4.79 Å². The van der Waals surface area contributed by atoms with E-state index >= 15 is 0 Å². The number of nitrogens with zero attached hydrogens (tertiary/aromatic N) is 4. The van der Waals surface area contributed by atoms with E-state index in [0.717, 1.165) is 40.8 Å². The minimum absolute atomic E-state index is 0.0273. The van der Waals surface area contributed by atoms with Gasteiger partial charge in [0.1, 0.15) is 0 Å². The molecule has 0 amide bonds. The molecule has 3 atom stereocenters. The van der Waals surface area contributed by atoms with Gasteiger partial charge < -0.3 is 4.57 Å². The second-order valence-electron chi connectivity index (χ2n) is 8.84. The fourth-order valence-electron chi connectivity index (χ4n) is 5.10. The van der Waals surface area contributed by atoms with Crippen molar-refractivity contribution in [1.29, 1.82) is 0 Å². The van der Waals surface area contributed by atoms with E-state index in [1.807, 2.05) is 45.6 Å². The summed E-state index contributed by atoms with van der Waals surface area (Å²) in [4.78, 5) is 18.2. The van der Waals surface area contributed by atoms with Crippen LogP contribution >= 0.6 is 11.6 Å². The lowest BCUT2D eigenvalue weighted by molar-refractivity contribution is 0.183. The molecule has 1 aromatic carbocycles. The molecule has 0 aliphatic heterocycles. The van der Waals surface area contributed by atoms with Crippen molar-refractivity contribution >= 4 is 28.2 Å². The molecule has 3 heterocycles. The van der Waals surface area contributed by atoms with Crippen LogP contribution in [0.25, 0.3) is 27.7 Å². The summed E-state index contributed by atoms with van der Waals surface area (Å²) in [5.74, 6) is 1.11. The van der Waals surface area contributed by atoms with Crippen LogP contribution in [-0.4, -0.2) is 19.2 Å². The summed E-state index contributed by atoms with van der Waals surface area (Å²) in [5, 5.41) is 6.16.